The van der Waals surface area contributed by atoms with Crippen LogP contribution in [0, 0.1) is 5.92 Å². The molecule has 1 aliphatic rings. The first-order valence-electron chi connectivity index (χ1n) is 5.98. The summed E-state index contributed by atoms with van der Waals surface area (Å²) in [6, 6.07) is 0.0107. The number of aromatic nitrogens is 4. The normalized spacial score (nSPS) is 25.1. The summed E-state index contributed by atoms with van der Waals surface area (Å²) in [4.78, 5) is 0.183. The lowest BCUT2D eigenvalue weighted by Gasteiger charge is -2.26. The molecular weight excluding hydrogens is 279 g/mol. The lowest BCUT2D eigenvalue weighted by Crippen LogP contribution is -2.30. The summed E-state index contributed by atoms with van der Waals surface area (Å²) in [5.74, 6) is -0.517. The fourth-order valence-corrected chi connectivity index (χ4v) is 3.17. The summed E-state index contributed by atoms with van der Waals surface area (Å²) < 4.78 is 38.9. The van der Waals surface area contributed by atoms with Crippen molar-refractivity contribution >= 4 is 16.3 Å². The molecule has 2 unspecified atom stereocenters. The first-order chi connectivity index (χ1) is 8.95. The molecule has 0 amide bonds. The van der Waals surface area contributed by atoms with Crippen LogP contribution < -0.4 is 5.32 Å². The topological polar surface area (TPSA) is 55.1 Å². The van der Waals surface area contributed by atoms with E-state index < -0.39 is 12.0 Å². The minimum Gasteiger partial charge on any atom is -0.308 e. The number of alkyl halides is 3. The van der Waals surface area contributed by atoms with Crippen LogP contribution in [0.5, 0.6) is 0 Å². The Hall–Kier alpha value is -1.22. The molecule has 19 heavy (non-hydrogen) atoms. The number of hydrogen-bond donors (Lipinski definition) is 1. The van der Waals surface area contributed by atoms with Crippen molar-refractivity contribution in [3.63, 3.8) is 0 Å². The first-order valence-corrected chi connectivity index (χ1v) is 6.79. The highest BCUT2D eigenvalue weighted by molar-refractivity contribution is 7.16. The van der Waals surface area contributed by atoms with E-state index >= 15 is 0 Å². The van der Waals surface area contributed by atoms with Crippen molar-refractivity contribution in [1.82, 2.24) is 25.1 Å². The molecule has 0 spiro atoms. The molecule has 0 aromatic carbocycles. The molecule has 0 aliphatic carbocycles. The van der Waals surface area contributed by atoms with Crippen LogP contribution in [0.2, 0.25) is 0 Å². The van der Waals surface area contributed by atoms with E-state index in [0.29, 0.717) is 10.9 Å². The number of hydrogen-bond acceptors (Lipinski definition) is 5. The summed E-state index contributed by atoms with van der Waals surface area (Å²) in [5, 5.41) is 14.6. The highest BCUT2D eigenvalue weighted by Gasteiger charge is 2.38. The van der Waals surface area contributed by atoms with E-state index in [1.54, 1.807) is 0 Å². The second-order valence-electron chi connectivity index (χ2n) is 4.79. The van der Waals surface area contributed by atoms with Crippen molar-refractivity contribution in [2.45, 2.75) is 32.0 Å². The van der Waals surface area contributed by atoms with E-state index in [4.69, 9.17) is 0 Å². The largest absolute Gasteiger partial charge is 0.453 e. The van der Waals surface area contributed by atoms with Gasteiger partial charge < -0.3 is 5.32 Å². The summed E-state index contributed by atoms with van der Waals surface area (Å²) in [6.45, 7) is 2.99. The van der Waals surface area contributed by atoms with Crippen molar-refractivity contribution in [1.29, 1.82) is 0 Å². The zero-order valence-electron chi connectivity index (χ0n) is 10.1. The second-order valence-corrected chi connectivity index (χ2v) is 5.78. The molecule has 104 valence electrons. The third kappa shape index (κ3) is 2.32. The molecule has 2 aromatic heterocycles. The van der Waals surface area contributed by atoms with Crippen LogP contribution in [-0.4, -0.2) is 26.4 Å². The SMILES string of the molecule is CC1CCNC(c2nn3c(C(F)(F)F)nnc3s2)C1. The molecule has 0 radical (unpaired) electrons. The van der Waals surface area contributed by atoms with Gasteiger partial charge in [-0.3, -0.25) is 0 Å². The molecule has 1 fully saturated rings. The Balaban J connectivity index is 1.96. The van der Waals surface area contributed by atoms with Crippen LogP contribution in [0.3, 0.4) is 0 Å². The smallest absolute Gasteiger partial charge is 0.308 e. The zero-order valence-corrected chi connectivity index (χ0v) is 10.9. The Bertz CT molecular complexity index is 590. The first kappa shape index (κ1) is 12.8. The molecule has 5 nitrogen and oxygen atoms in total. The predicted octanol–water partition coefficient (Wildman–Crippen LogP) is 2.27. The predicted molar refractivity (Wildman–Crippen MR) is 62.8 cm³/mol. The van der Waals surface area contributed by atoms with Gasteiger partial charge in [-0.05, 0) is 25.3 Å². The van der Waals surface area contributed by atoms with Gasteiger partial charge in [0.1, 0.15) is 5.01 Å². The number of nitrogens with zero attached hydrogens (tertiary/aromatic N) is 4. The Kier molecular flexibility index (Phi) is 2.97. The number of nitrogens with one attached hydrogen (secondary N) is 1. The monoisotopic (exact) mass is 291 g/mol. The number of piperidine rings is 1. The van der Waals surface area contributed by atoms with Crippen LogP contribution in [0.4, 0.5) is 13.2 Å². The van der Waals surface area contributed by atoms with Gasteiger partial charge in [-0.2, -0.15) is 22.8 Å². The minimum atomic E-state index is -4.53. The van der Waals surface area contributed by atoms with Gasteiger partial charge in [0.2, 0.25) is 4.96 Å². The van der Waals surface area contributed by atoms with Crippen LogP contribution >= 0.6 is 11.3 Å². The van der Waals surface area contributed by atoms with Gasteiger partial charge in [-0.1, -0.05) is 18.3 Å². The van der Waals surface area contributed by atoms with Crippen molar-refractivity contribution in [3.05, 3.63) is 10.8 Å². The van der Waals surface area contributed by atoms with Crippen LogP contribution in [0.25, 0.3) is 4.96 Å². The number of rotatable bonds is 1. The fourth-order valence-electron chi connectivity index (χ4n) is 2.24. The number of halogens is 3. The maximum Gasteiger partial charge on any atom is 0.453 e. The maximum absolute atomic E-state index is 12.7. The number of fused-ring (bicyclic) bond motifs is 1. The van der Waals surface area contributed by atoms with E-state index in [-0.39, 0.29) is 11.0 Å². The quantitative estimate of drug-likeness (QED) is 0.875. The van der Waals surface area contributed by atoms with Gasteiger partial charge in [-0.15, -0.1) is 10.2 Å². The summed E-state index contributed by atoms with van der Waals surface area (Å²) in [6.07, 6.45) is -2.57. The molecule has 9 heteroatoms. The third-order valence-electron chi connectivity index (χ3n) is 3.22. The maximum atomic E-state index is 12.7. The van der Waals surface area contributed by atoms with E-state index in [1.165, 1.54) is 0 Å². The highest BCUT2D eigenvalue weighted by atomic mass is 32.1. The Morgan fingerprint density at radius 1 is 1.37 bits per heavy atom. The fraction of sp³-hybridized carbons (Fsp3) is 0.700. The van der Waals surface area contributed by atoms with Crippen molar-refractivity contribution in [2.75, 3.05) is 6.54 Å². The Labute approximate surface area is 110 Å². The lowest BCUT2D eigenvalue weighted by molar-refractivity contribution is -0.146. The standard InChI is InChI=1S/C10H12F3N5S/c1-5-2-3-14-6(4-5)7-17-18-8(10(11,12)13)15-16-9(18)19-7/h5-6,14H,2-4H2,1H3. The van der Waals surface area contributed by atoms with E-state index in [0.717, 1.165) is 35.2 Å². The second kappa shape index (κ2) is 4.41. The van der Waals surface area contributed by atoms with Crippen LogP contribution in [0.15, 0.2) is 0 Å². The Morgan fingerprint density at radius 2 is 2.16 bits per heavy atom. The third-order valence-corrected chi connectivity index (χ3v) is 4.24. The molecule has 2 aromatic rings. The van der Waals surface area contributed by atoms with Gasteiger partial charge in [-0.25, -0.2) is 0 Å². The summed E-state index contributed by atoms with van der Waals surface area (Å²) in [5.41, 5.74) is 0. The lowest BCUT2D eigenvalue weighted by atomic mass is 9.95. The van der Waals surface area contributed by atoms with Crippen molar-refractivity contribution in [3.8, 4) is 0 Å². The molecule has 0 saturated carbocycles. The molecular formula is C10H12F3N5S. The summed E-state index contributed by atoms with van der Waals surface area (Å²) >= 11 is 1.16. The molecule has 1 N–H and O–H groups in total. The average molecular weight is 291 g/mol. The van der Waals surface area contributed by atoms with Gasteiger partial charge in [0.25, 0.3) is 5.82 Å². The molecule has 3 heterocycles. The van der Waals surface area contributed by atoms with Gasteiger partial charge in [0, 0.05) is 0 Å². The molecule has 2 atom stereocenters. The zero-order chi connectivity index (χ0) is 13.6. The highest BCUT2D eigenvalue weighted by Crippen LogP contribution is 2.32. The molecule has 3 rings (SSSR count). The van der Waals surface area contributed by atoms with Crippen LogP contribution in [-0.2, 0) is 6.18 Å². The van der Waals surface area contributed by atoms with Gasteiger partial charge >= 0.3 is 6.18 Å². The van der Waals surface area contributed by atoms with E-state index in [9.17, 15) is 13.2 Å². The van der Waals surface area contributed by atoms with E-state index in [2.05, 4.69) is 27.5 Å². The van der Waals surface area contributed by atoms with Crippen LogP contribution in [0.1, 0.15) is 36.6 Å². The van der Waals surface area contributed by atoms with Gasteiger partial charge in [0.15, 0.2) is 0 Å². The summed E-state index contributed by atoms with van der Waals surface area (Å²) in [7, 11) is 0. The minimum absolute atomic E-state index is 0.0107. The van der Waals surface area contributed by atoms with Gasteiger partial charge in [0.05, 0.1) is 6.04 Å². The Morgan fingerprint density at radius 3 is 2.84 bits per heavy atom. The molecule has 0 bridgehead atoms. The van der Waals surface area contributed by atoms with Crippen molar-refractivity contribution in [2.24, 2.45) is 5.92 Å². The average Bonchev–Trinajstić information content (AvgIpc) is 2.85. The van der Waals surface area contributed by atoms with Crippen molar-refractivity contribution < 1.29 is 13.2 Å². The molecule has 1 aliphatic heterocycles. The molecule has 1 saturated heterocycles. The van der Waals surface area contributed by atoms with E-state index in [1.807, 2.05) is 0 Å².